The average molecular weight is 2090 g/mol. The second-order valence-corrected chi connectivity index (χ2v) is 39.8. The minimum absolute atomic E-state index is 0.250. The number of amides is 8. The third kappa shape index (κ3) is 26.7. The zero-order valence-corrected chi connectivity index (χ0v) is 86.1. The predicted molar refractivity (Wildman–Crippen MR) is 565 cm³/mol. The number of carbonyl (C=O) groups excluding carboxylic acids is 6. The number of aliphatic carboxylic acids is 1. The number of anilines is 6. The lowest BCUT2D eigenvalue weighted by molar-refractivity contribution is -0.208. The number of carboxylic acids is 1. The summed E-state index contributed by atoms with van der Waals surface area (Å²) in [5.74, 6) is 2.64. The highest BCUT2D eigenvalue weighted by Gasteiger charge is 2.41. The van der Waals surface area contributed by atoms with E-state index < -0.39 is 46.2 Å². The van der Waals surface area contributed by atoms with Crippen LogP contribution in [-0.4, -0.2) is 200 Å². The van der Waals surface area contributed by atoms with E-state index in [1.807, 2.05) is 132 Å². The number of pyridine rings is 4. The van der Waals surface area contributed by atoms with Gasteiger partial charge < -0.3 is 56.6 Å². The molecule has 1 atom stereocenters. The number of fused-ring (bicyclic) bond motifs is 4. The number of urea groups is 4. The lowest BCUT2D eigenvalue weighted by Gasteiger charge is -2.37. The van der Waals surface area contributed by atoms with Gasteiger partial charge in [0.25, 0.3) is 0 Å². The Morgan fingerprint density at radius 3 is 1.19 bits per heavy atom. The van der Waals surface area contributed by atoms with E-state index in [1.165, 1.54) is 57.6 Å². The fourth-order valence-electron chi connectivity index (χ4n) is 15.8. The zero-order valence-electron chi connectivity index (χ0n) is 82.8. The maximum absolute atomic E-state index is 12.8. The van der Waals surface area contributed by atoms with Crippen LogP contribution in [0.3, 0.4) is 0 Å². The summed E-state index contributed by atoms with van der Waals surface area (Å²) in [6.45, 7) is 27.1. The van der Waals surface area contributed by atoms with E-state index in [-0.39, 0.29) is 30.3 Å². The van der Waals surface area contributed by atoms with Crippen LogP contribution in [0.25, 0.3) is 131 Å². The molecule has 2 saturated heterocycles. The number of nitrogens with one attached hydrogen (secondary N) is 8. The molecule has 2 fully saturated rings. The summed E-state index contributed by atoms with van der Waals surface area (Å²) in [5, 5.41) is 74.1. The minimum atomic E-state index is -4.80. The van der Waals surface area contributed by atoms with Crippen molar-refractivity contribution in [3.05, 3.63) is 206 Å². The molecule has 18 rings (SSSR count). The van der Waals surface area contributed by atoms with Crippen molar-refractivity contribution in [1.29, 1.82) is 0 Å². The molecule has 0 aliphatic carbocycles. The van der Waals surface area contributed by atoms with E-state index in [1.54, 1.807) is 103 Å². The number of piperidine rings is 2. The van der Waals surface area contributed by atoms with Crippen LogP contribution in [0, 0.1) is 11.3 Å². The summed E-state index contributed by atoms with van der Waals surface area (Å²) in [7, 11) is 0. The number of aliphatic hydroxyl groups excluding tert-OH is 1. The minimum Gasteiger partial charge on any atom is -0.481 e. The van der Waals surface area contributed by atoms with Crippen LogP contribution in [-0.2, 0) is 31.2 Å². The number of hydrogen-bond acceptors (Lipinski definition) is 33. The van der Waals surface area contributed by atoms with Crippen molar-refractivity contribution in [3.8, 4) is 89.7 Å². The van der Waals surface area contributed by atoms with Crippen molar-refractivity contribution >= 4 is 155 Å². The monoisotopic (exact) mass is 2090 g/mol. The van der Waals surface area contributed by atoms with E-state index in [0.29, 0.717) is 142 Å². The van der Waals surface area contributed by atoms with Gasteiger partial charge in [-0.2, -0.15) is 22.8 Å². The van der Waals surface area contributed by atoms with E-state index >= 15 is 0 Å². The first-order chi connectivity index (χ1) is 70.8. The number of carbonyl (C=O) groups is 5. The van der Waals surface area contributed by atoms with Crippen LogP contribution in [0.5, 0.6) is 0 Å². The first kappa shape index (κ1) is 108. The van der Waals surface area contributed by atoms with Gasteiger partial charge in [0.15, 0.2) is 44.1 Å². The van der Waals surface area contributed by atoms with Gasteiger partial charge in [0.1, 0.15) is 17.0 Å². The number of alkyl halides is 3. The van der Waals surface area contributed by atoms with E-state index in [9.17, 15) is 62.7 Å². The molecule has 0 radical (unpaired) electrons. The molecule has 2 aliphatic rings. The fraction of sp³-hybridized carbons (Fsp3) is 0.320. The Balaban J connectivity index is 0.000000155. The van der Waals surface area contributed by atoms with Crippen LogP contribution in [0.1, 0.15) is 151 Å². The third-order valence-corrected chi connectivity index (χ3v) is 28.3. The smallest absolute Gasteiger partial charge is 0.420 e. The van der Waals surface area contributed by atoms with Crippen LogP contribution >= 0.6 is 45.3 Å². The Bertz CT molecular complexity index is 7390. The van der Waals surface area contributed by atoms with Crippen LogP contribution < -0.4 is 52.3 Å². The molecule has 148 heavy (non-hydrogen) atoms. The van der Waals surface area contributed by atoms with E-state index in [4.69, 9.17) is 19.6 Å². The predicted octanol–water partition coefficient (Wildman–Crippen LogP) is 19.2. The number of halogens is 3. The van der Waals surface area contributed by atoms with Gasteiger partial charge in [-0.1, -0.05) is 90.4 Å². The molecule has 0 saturated carbocycles. The van der Waals surface area contributed by atoms with Crippen molar-refractivity contribution < 1.29 is 72.3 Å². The fourth-order valence-corrected chi connectivity index (χ4v) is 19.7. The number of hydrogen-bond donors (Lipinski definition) is 13. The Hall–Kier alpha value is -15.5. The molecule has 16 aromatic rings. The van der Waals surface area contributed by atoms with E-state index in [0.717, 1.165) is 141 Å². The summed E-state index contributed by atoms with van der Waals surface area (Å²) >= 11 is 5.41. The molecule has 1 unspecified atom stereocenters. The molecular weight excluding hydrogens is 1980 g/mol. The molecule has 0 bridgehead atoms. The summed E-state index contributed by atoms with van der Waals surface area (Å²) in [4.78, 5) is 153. The van der Waals surface area contributed by atoms with Crippen molar-refractivity contribution in [1.82, 2.24) is 101 Å². The summed E-state index contributed by atoms with van der Waals surface area (Å²) < 4.78 is 41.7. The van der Waals surface area contributed by atoms with Gasteiger partial charge >= 0.3 is 42.4 Å². The Morgan fingerprint density at radius 1 is 0.439 bits per heavy atom. The first-order valence-corrected chi connectivity index (χ1v) is 50.8. The maximum atomic E-state index is 12.8. The van der Waals surface area contributed by atoms with E-state index in [2.05, 4.69) is 135 Å². The van der Waals surface area contributed by atoms with Crippen LogP contribution in [0.2, 0.25) is 0 Å². The van der Waals surface area contributed by atoms with Crippen molar-refractivity contribution in [2.24, 2.45) is 11.3 Å². The Labute approximate surface area is 864 Å². The van der Waals surface area contributed by atoms with Gasteiger partial charge in [-0.25, -0.2) is 79.0 Å². The lowest BCUT2D eigenvalue weighted by atomic mass is 9.80. The van der Waals surface area contributed by atoms with Gasteiger partial charge in [-0.15, -0.1) is 0 Å². The van der Waals surface area contributed by atoms with Crippen LogP contribution in [0.15, 0.2) is 183 Å². The van der Waals surface area contributed by atoms with Crippen LogP contribution in [0.4, 0.5) is 64.6 Å². The highest BCUT2D eigenvalue weighted by Crippen LogP contribution is 2.46. The standard InChI is InChI=1S/C28H32N8O4S.C28H33N7O2S.C24H26N6O2S.C22H18F3N5O2S.CO2/c1-5-29-25(39)35-26-33-19-13-16(17-14-31-23(32-15-17)27(2,3)40)12-18(21(19)41-26)22-30-9-6-20(34-22)36-10-7-28(4,8-11-36)24(37)38;1-5-29-26(36)34-27-33-23-13-18(19-14-31-25(32-15-19)35-10-8-17(2)9-11-35)12-21(24(23)38-27)22-7-6-20(16-30-22)28(3,4)37;1-4-24(32,5-2)21-27-13-16(14-28-21)15-11-17(18-9-7-8-10-26-18)20-19(12-15)29-23(33-20)30-22(31)25-6-3;1-2-26-20(32)30-21-29-17-10-13(9-14(18(17)33-21)15-5-3-4-8-27-15)12-6-7-16(28-11-12)19(31)22(23,24)25;2-1-3/h6,9,12-15,40H,5,7-8,10-11H2,1-4H3,(H,37,38)(H2,29,33,35,39);6-7,12-17,37H,5,8-11H2,1-4H3,(H2,29,33,34,36);7-14,32H,4-6H2,1-3H3,(H2,25,29,30,31);3-11,19,31H,2H2,1H3,(H2,26,29,30,32);. The molecule has 4 aromatic carbocycles. The van der Waals surface area contributed by atoms with Crippen molar-refractivity contribution in [2.75, 3.05) is 83.4 Å². The van der Waals surface area contributed by atoms with Gasteiger partial charge in [-0.3, -0.25) is 46.0 Å². The van der Waals surface area contributed by atoms with Gasteiger partial charge in [0.05, 0.1) is 74.7 Å². The number of benzene rings is 4. The van der Waals surface area contributed by atoms with Gasteiger partial charge in [-0.05, 0) is 220 Å². The topological polar surface area (TPSA) is 530 Å². The normalized spacial score (nSPS) is 13.3. The highest BCUT2D eigenvalue weighted by molar-refractivity contribution is 7.24. The number of aliphatic hydroxyl groups is 4. The molecule has 2 aliphatic heterocycles. The molecule has 768 valence electrons. The second-order valence-electron chi connectivity index (χ2n) is 35.8. The molecule has 8 amide bonds. The quantitative estimate of drug-likeness (QED) is 0.0253. The maximum Gasteiger partial charge on any atom is 0.420 e. The summed E-state index contributed by atoms with van der Waals surface area (Å²) in [5.41, 5.74) is 10.7. The molecule has 45 heteroatoms. The molecule has 38 nitrogen and oxygen atoms in total. The Kier molecular flexibility index (Phi) is 35.0. The van der Waals surface area contributed by atoms with Crippen molar-refractivity contribution in [3.63, 3.8) is 0 Å². The average Bonchev–Trinajstić information content (AvgIpc) is 1.62. The molecule has 14 heterocycles. The first-order valence-electron chi connectivity index (χ1n) is 47.5. The summed E-state index contributed by atoms with van der Waals surface area (Å²) in [6, 6.07) is 33.6. The molecule has 0 spiro atoms. The molecule has 12 aromatic heterocycles. The SMILES string of the molecule is CCNC(=O)Nc1nc2cc(-c3ccc(C(O)C(F)(F)F)nc3)cc(-c3ccccn3)c2s1.CCNC(=O)Nc1nc2cc(-c3cnc(C(C)(C)O)nc3)cc(-c3nccc(N4CCC(C)(C(=O)O)CC4)n3)c2s1.CCNC(=O)Nc1nc2cc(-c3cnc(C(O)(CC)CC)nc3)cc(-c3ccccn3)c2s1.CCNC(=O)Nc1nc2cc(-c3cnc(N4CCC(C)CC4)nc3)cc(-c3ccc(C(C)(C)O)cn3)c2s1.O=C=O. The number of thiazole rings is 4. The number of rotatable bonds is 25. The number of nitrogens with zero attached hydrogens (tertiary/aromatic N) is 18. The Morgan fingerprint density at radius 2 is 0.831 bits per heavy atom. The third-order valence-electron chi connectivity index (χ3n) is 24.3. The van der Waals surface area contributed by atoms with Crippen molar-refractivity contribution in [2.45, 2.75) is 151 Å². The number of aromatic nitrogens is 16. The second kappa shape index (κ2) is 47.8. The molecule has 13 N–H and O–H groups in total. The zero-order chi connectivity index (χ0) is 106. The largest absolute Gasteiger partial charge is 0.481 e. The summed E-state index contributed by atoms with van der Waals surface area (Å²) in [6.07, 6.45) is 15.7. The van der Waals surface area contributed by atoms with Gasteiger partial charge in [0.2, 0.25) is 5.95 Å². The van der Waals surface area contributed by atoms with Gasteiger partial charge in [0, 0.05) is 171 Å². The molecular formula is C103H109F3N26O12S4. The highest BCUT2D eigenvalue weighted by atomic mass is 32.1. The lowest BCUT2D eigenvalue weighted by Crippen LogP contribution is -2.43. The number of carboxylic acid groups (broad SMARTS) is 1.